The molecule has 2 N–H and O–H groups in total. The van der Waals surface area contributed by atoms with Crippen molar-refractivity contribution < 1.29 is 9.47 Å². The zero-order chi connectivity index (χ0) is 16.8. The molecule has 0 aliphatic heterocycles. The third-order valence-corrected chi connectivity index (χ3v) is 3.07. The van der Waals surface area contributed by atoms with Crippen LogP contribution >= 0.6 is 12.2 Å². The molecule has 0 bridgehead atoms. The number of nitrogens with two attached hydrogens (primary N) is 1. The largest absolute Gasteiger partial charge is 0.492 e. The van der Waals surface area contributed by atoms with Gasteiger partial charge in [-0.1, -0.05) is 12.1 Å². The Bertz CT molecular complexity index is 727. The van der Waals surface area contributed by atoms with E-state index in [1.807, 2.05) is 38.1 Å². The summed E-state index contributed by atoms with van der Waals surface area (Å²) in [5.41, 5.74) is 7.40. The first-order valence-electron chi connectivity index (χ1n) is 7.24. The Labute approximate surface area is 140 Å². The normalized spacial score (nSPS) is 10.9. The van der Waals surface area contributed by atoms with Crippen molar-refractivity contribution in [3.63, 3.8) is 0 Å². The summed E-state index contributed by atoms with van der Waals surface area (Å²) in [6.07, 6.45) is 0. The topological polar surface area (TPSA) is 87.0 Å². The van der Waals surface area contributed by atoms with Crippen molar-refractivity contribution >= 4 is 28.7 Å². The number of azo groups is 1. The fourth-order valence-corrected chi connectivity index (χ4v) is 2.07. The number of aromatic nitrogens is 2. The summed E-state index contributed by atoms with van der Waals surface area (Å²) in [4.78, 5) is 0. The van der Waals surface area contributed by atoms with Crippen LogP contribution in [0.2, 0.25) is 0 Å². The predicted octanol–water partition coefficient (Wildman–Crippen LogP) is 3.50. The molecule has 0 radical (unpaired) electrons. The van der Waals surface area contributed by atoms with Gasteiger partial charge in [0.05, 0.1) is 18.9 Å². The maximum Gasteiger partial charge on any atom is 0.247 e. The molecule has 1 aromatic carbocycles. The van der Waals surface area contributed by atoms with E-state index in [1.54, 1.807) is 6.92 Å². The van der Waals surface area contributed by atoms with E-state index in [4.69, 9.17) is 27.4 Å². The second kappa shape index (κ2) is 7.68. The number of thiocarbonyl (C=S) groups is 1. The zero-order valence-electron chi connectivity index (χ0n) is 13.3. The van der Waals surface area contributed by atoms with Crippen LogP contribution in [0.25, 0.3) is 0 Å². The van der Waals surface area contributed by atoms with Gasteiger partial charge in [-0.2, -0.15) is 9.78 Å². The highest BCUT2D eigenvalue weighted by molar-refractivity contribution is 7.80. The number of nitrogens with zero attached hydrogens (tertiary/aromatic N) is 4. The number of hydrogen-bond donors (Lipinski definition) is 1. The first-order valence-corrected chi connectivity index (χ1v) is 7.65. The lowest BCUT2D eigenvalue weighted by Crippen LogP contribution is -2.21. The maximum absolute atomic E-state index is 5.66. The highest BCUT2D eigenvalue weighted by Crippen LogP contribution is 2.34. The zero-order valence-corrected chi connectivity index (χ0v) is 14.1. The molecule has 1 heterocycles. The Morgan fingerprint density at radius 1 is 1.22 bits per heavy atom. The van der Waals surface area contributed by atoms with E-state index in [0.29, 0.717) is 41.9 Å². The SMILES string of the molecule is CCOc1ccccc1N=Nc1c(C)nn(C(N)=S)c1OCC. The summed E-state index contributed by atoms with van der Waals surface area (Å²) in [5.74, 6) is 1.05. The standard InChI is InChI=1S/C15H19N5O2S/c1-4-21-12-9-7-6-8-11(12)17-18-13-10(3)19-20(15(16)23)14(13)22-5-2/h6-9H,4-5H2,1-3H3,(H2,16,23). The average molecular weight is 333 g/mol. The number of benzene rings is 1. The molecular formula is C15H19N5O2S. The molecule has 8 heteroatoms. The molecule has 0 atom stereocenters. The molecule has 122 valence electrons. The van der Waals surface area contributed by atoms with Crippen molar-refractivity contribution in [2.75, 3.05) is 13.2 Å². The van der Waals surface area contributed by atoms with Gasteiger partial charge in [-0.3, -0.25) is 0 Å². The van der Waals surface area contributed by atoms with Gasteiger partial charge in [0.15, 0.2) is 10.8 Å². The van der Waals surface area contributed by atoms with Gasteiger partial charge in [0.2, 0.25) is 5.88 Å². The van der Waals surface area contributed by atoms with Gasteiger partial charge in [-0.15, -0.1) is 10.2 Å². The van der Waals surface area contributed by atoms with Gasteiger partial charge in [-0.05, 0) is 45.1 Å². The summed E-state index contributed by atoms with van der Waals surface area (Å²) in [5, 5.41) is 12.8. The Morgan fingerprint density at radius 2 is 1.91 bits per heavy atom. The quantitative estimate of drug-likeness (QED) is 0.646. The molecule has 0 saturated heterocycles. The summed E-state index contributed by atoms with van der Waals surface area (Å²) >= 11 is 4.98. The van der Waals surface area contributed by atoms with Gasteiger partial charge >= 0.3 is 0 Å². The van der Waals surface area contributed by atoms with E-state index < -0.39 is 0 Å². The van der Waals surface area contributed by atoms with E-state index in [9.17, 15) is 0 Å². The lowest BCUT2D eigenvalue weighted by atomic mass is 10.3. The minimum Gasteiger partial charge on any atom is -0.492 e. The summed E-state index contributed by atoms with van der Waals surface area (Å²) in [6, 6.07) is 7.41. The van der Waals surface area contributed by atoms with Crippen LogP contribution in [0, 0.1) is 6.92 Å². The third kappa shape index (κ3) is 3.84. The molecule has 0 aliphatic rings. The van der Waals surface area contributed by atoms with Crippen molar-refractivity contribution in [1.29, 1.82) is 0 Å². The van der Waals surface area contributed by atoms with Gasteiger partial charge in [-0.25, -0.2) is 0 Å². The maximum atomic E-state index is 5.66. The molecule has 0 unspecified atom stereocenters. The van der Waals surface area contributed by atoms with Crippen LogP contribution in [-0.2, 0) is 0 Å². The summed E-state index contributed by atoms with van der Waals surface area (Å²) < 4.78 is 12.4. The number of aryl methyl sites for hydroxylation is 1. The molecular weight excluding hydrogens is 314 g/mol. The van der Waals surface area contributed by atoms with Crippen LogP contribution in [0.3, 0.4) is 0 Å². The fraction of sp³-hybridized carbons (Fsp3) is 0.333. The molecule has 0 aliphatic carbocycles. The van der Waals surface area contributed by atoms with Crippen LogP contribution in [0.1, 0.15) is 19.5 Å². The number of hydrogen-bond acceptors (Lipinski definition) is 6. The Hall–Kier alpha value is -2.48. The lowest BCUT2D eigenvalue weighted by molar-refractivity contribution is 0.320. The minimum atomic E-state index is 0.0905. The average Bonchev–Trinajstić information content (AvgIpc) is 2.84. The number of ether oxygens (including phenoxy) is 2. The monoisotopic (exact) mass is 333 g/mol. The Morgan fingerprint density at radius 3 is 2.57 bits per heavy atom. The number of rotatable bonds is 6. The predicted molar refractivity (Wildman–Crippen MR) is 92.1 cm³/mol. The van der Waals surface area contributed by atoms with Crippen LogP contribution in [0.15, 0.2) is 34.5 Å². The highest BCUT2D eigenvalue weighted by atomic mass is 32.1. The van der Waals surface area contributed by atoms with Crippen molar-refractivity contribution in [2.45, 2.75) is 20.8 Å². The van der Waals surface area contributed by atoms with Gasteiger partial charge in [0.25, 0.3) is 0 Å². The summed E-state index contributed by atoms with van der Waals surface area (Å²) in [7, 11) is 0. The molecule has 0 saturated carbocycles. The molecule has 1 aromatic heterocycles. The molecule has 2 aromatic rings. The van der Waals surface area contributed by atoms with Crippen molar-refractivity contribution in [3.8, 4) is 11.6 Å². The van der Waals surface area contributed by atoms with Crippen LogP contribution in [0.5, 0.6) is 11.6 Å². The van der Waals surface area contributed by atoms with Crippen molar-refractivity contribution in [2.24, 2.45) is 16.0 Å². The molecule has 0 spiro atoms. The Kier molecular flexibility index (Phi) is 5.64. The summed E-state index contributed by atoms with van der Waals surface area (Å²) in [6.45, 7) is 6.55. The second-order valence-electron chi connectivity index (χ2n) is 4.52. The molecule has 23 heavy (non-hydrogen) atoms. The van der Waals surface area contributed by atoms with E-state index in [1.165, 1.54) is 4.68 Å². The minimum absolute atomic E-state index is 0.0905. The van der Waals surface area contributed by atoms with Crippen molar-refractivity contribution in [3.05, 3.63) is 30.0 Å². The first-order chi connectivity index (χ1) is 11.1. The Balaban J connectivity index is 2.42. The van der Waals surface area contributed by atoms with Gasteiger partial charge in [0.1, 0.15) is 11.4 Å². The smallest absolute Gasteiger partial charge is 0.247 e. The molecule has 0 fully saturated rings. The second-order valence-corrected chi connectivity index (χ2v) is 4.94. The first kappa shape index (κ1) is 16.9. The van der Waals surface area contributed by atoms with Crippen molar-refractivity contribution in [1.82, 2.24) is 9.78 Å². The van der Waals surface area contributed by atoms with Crippen LogP contribution < -0.4 is 15.2 Å². The van der Waals surface area contributed by atoms with Gasteiger partial charge < -0.3 is 15.2 Å². The van der Waals surface area contributed by atoms with E-state index in [0.717, 1.165) is 0 Å². The molecule has 0 amide bonds. The van der Waals surface area contributed by atoms with Crippen LogP contribution in [0.4, 0.5) is 11.4 Å². The van der Waals surface area contributed by atoms with Gasteiger partial charge in [0, 0.05) is 0 Å². The lowest BCUT2D eigenvalue weighted by Gasteiger charge is -2.06. The molecule has 2 rings (SSSR count). The molecule has 7 nitrogen and oxygen atoms in total. The van der Waals surface area contributed by atoms with E-state index >= 15 is 0 Å². The number of para-hydroxylation sites is 1. The third-order valence-electron chi connectivity index (χ3n) is 2.90. The van der Waals surface area contributed by atoms with Crippen LogP contribution in [-0.4, -0.2) is 28.1 Å². The fourth-order valence-electron chi connectivity index (χ4n) is 1.95. The van der Waals surface area contributed by atoms with E-state index in [2.05, 4.69) is 15.3 Å². The van der Waals surface area contributed by atoms with E-state index in [-0.39, 0.29) is 5.11 Å². The highest BCUT2D eigenvalue weighted by Gasteiger charge is 2.18.